The van der Waals surface area contributed by atoms with Crippen molar-refractivity contribution in [3.8, 4) is 44.5 Å². The molecule has 0 aliphatic carbocycles. The van der Waals surface area contributed by atoms with Crippen molar-refractivity contribution in [3.05, 3.63) is 182 Å². The fourth-order valence-corrected chi connectivity index (χ4v) is 8.03. The van der Waals surface area contributed by atoms with Gasteiger partial charge >= 0.3 is 0 Å². The van der Waals surface area contributed by atoms with Gasteiger partial charge in [0.25, 0.3) is 0 Å². The molecule has 232 valence electrons. The van der Waals surface area contributed by atoms with E-state index in [9.17, 15) is 0 Å². The number of aromatic nitrogens is 2. The van der Waals surface area contributed by atoms with E-state index in [0.29, 0.717) is 0 Å². The summed E-state index contributed by atoms with van der Waals surface area (Å²) in [7, 11) is 0. The summed E-state index contributed by atoms with van der Waals surface area (Å²) in [5, 5.41) is 9.60. The zero-order valence-corrected chi connectivity index (χ0v) is 27.2. The highest BCUT2D eigenvalue weighted by atomic mass is 14.7. The molecule has 2 heteroatoms. The van der Waals surface area contributed by atoms with Gasteiger partial charge in [0.1, 0.15) is 0 Å². The summed E-state index contributed by atoms with van der Waals surface area (Å²) in [5.74, 6) is 0. The summed E-state index contributed by atoms with van der Waals surface area (Å²) >= 11 is 0. The molecule has 0 atom stereocenters. The third-order valence-electron chi connectivity index (χ3n) is 10.1. The van der Waals surface area contributed by atoms with Crippen LogP contribution >= 0.6 is 0 Å². The maximum absolute atomic E-state index is 5.06. The van der Waals surface area contributed by atoms with E-state index in [1.165, 1.54) is 76.8 Å². The molecule has 10 aromatic rings. The van der Waals surface area contributed by atoms with Gasteiger partial charge in [-0.1, -0.05) is 158 Å². The average Bonchev–Trinajstić information content (AvgIpc) is 3.19. The van der Waals surface area contributed by atoms with Crippen LogP contribution in [0.1, 0.15) is 0 Å². The number of hydrogen-bond acceptors (Lipinski definition) is 2. The Morgan fingerprint density at radius 3 is 1.28 bits per heavy atom. The topological polar surface area (TPSA) is 25.8 Å². The molecule has 0 bridgehead atoms. The quantitative estimate of drug-likeness (QED) is 0.180. The van der Waals surface area contributed by atoms with E-state index >= 15 is 0 Å². The molecule has 0 aliphatic heterocycles. The van der Waals surface area contributed by atoms with Crippen LogP contribution < -0.4 is 0 Å². The Bertz CT molecular complexity index is 2790. The molecule has 0 amide bonds. The Labute approximate surface area is 290 Å². The molecule has 2 nitrogen and oxygen atoms in total. The van der Waals surface area contributed by atoms with Crippen molar-refractivity contribution in [1.29, 1.82) is 0 Å². The van der Waals surface area contributed by atoms with Gasteiger partial charge in [0.15, 0.2) is 0 Å². The molecule has 10 rings (SSSR count). The van der Waals surface area contributed by atoms with Crippen molar-refractivity contribution in [1.82, 2.24) is 9.97 Å². The largest absolute Gasteiger partial charge is 0.256 e. The van der Waals surface area contributed by atoms with E-state index in [0.717, 1.165) is 21.8 Å². The van der Waals surface area contributed by atoms with Crippen molar-refractivity contribution in [3.63, 3.8) is 0 Å². The maximum Gasteiger partial charge on any atom is 0.0793 e. The first-order valence-electron chi connectivity index (χ1n) is 17.1. The van der Waals surface area contributed by atoms with E-state index in [2.05, 4.69) is 164 Å². The van der Waals surface area contributed by atoms with Crippen LogP contribution in [-0.2, 0) is 0 Å². The van der Waals surface area contributed by atoms with Crippen LogP contribution in [0.2, 0.25) is 0 Å². The standard InChI is InChI=1S/C48H30N2/c1-2-14-32(15-3-1)45-39-20-8-6-18-37(39)43(41-23-11-29-49-47(41)45)33-25-27-34(28-26-33)44-38-19-7-9-21-40(38)46(48-42(44)24-12-30-50-48)36-22-10-16-31-13-4-5-17-35(31)36/h1-30H. The molecule has 0 fully saturated rings. The highest BCUT2D eigenvalue weighted by Crippen LogP contribution is 2.46. The molecule has 0 aliphatic rings. The minimum Gasteiger partial charge on any atom is -0.256 e. The Balaban J connectivity index is 1.21. The van der Waals surface area contributed by atoms with Gasteiger partial charge in [-0.15, -0.1) is 0 Å². The maximum atomic E-state index is 5.06. The molecule has 50 heavy (non-hydrogen) atoms. The summed E-state index contributed by atoms with van der Waals surface area (Å²) in [5.41, 5.74) is 11.5. The Hall–Kier alpha value is -6.64. The predicted octanol–water partition coefficient (Wildman–Crippen LogP) is 12.9. The normalized spacial score (nSPS) is 11.6. The second kappa shape index (κ2) is 11.5. The van der Waals surface area contributed by atoms with Crippen LogP contribution in [0.25, 0.3) is 98.6 Å². The second-order valence-electron chi connectivity index (χ2n) is 12.9. The molecule has 0 saturated carbocycles. The first-order valence-corrected chi connectivity index (χ1v) is 17.1. The number of fused-ring (bicyclic) bond motifs is 5. The fraction of sp³-hybridized carbons (Fsp3) is 0. The van der Waals surface area contributed by atoms with Crippen LogP contribution in [0.3, 0.4) is 0 Å². The molecule has 2 aromatic heterocycles. The molecule has 0 saturated heterocycles. The molecule has 0 radical (unpaired) electrons. The van der Waals surface area contributed by atoms with Gasteiger partial charge in [-0.3, -0.25) is 9.97 Å². The van der Waals surface area contributed by atoms with Gasteiger partial charge < -0.3 is 0 Å². The summed E-state index contributed by atoms with van der Waals surface area (Å²) in [6.07, 6.45) is 3.82. The summed E-state index contributed by atoms with van der Waals surface area (Å²) < 4.78 is 0. The Morgan fingerprint density at radius 1 is 0.260 bits per heavy atom. The van der Waals surface area contributed by atoms with Crippen molar-refractivity contribution in [2.45, 2.75) is 0 Å². The van der Waals surface area contributed by atoms with E-state index in [1.54, 1.807) is 0 Å². The fourth-order valence-electron chi connectivity index (χ4n) is 8.03. The van der Waals surface area contributed by atoms with Crippen LogP contribution in [-0.4, -0.2) is 9.97 Å². The van der Waals surface area contributed by atoms with Crippen LogP contribution in [0.15, 0.2) is 182 Å². The van der Waals surface area contributed by atoms with Crippen molar-refractivity contribution in [2.75, 3.05) is 0 Å². The van der Waals surface area contributed by atoms with Crippen LogP contribution in [0.4, 0.5) is 0 Å². The molecular formula is C48H30N2. The number of rotatable bonds is 4. The summed E-state index contributed by atoms with van der Waals surface area (Å²) in [6.45, 7) is 0. The molecule has 0 N–H and O–H groups in total. The number of nitrogens with zero attached hydrogens (tertiary/aromatic N) is 2. The van der Waals surface area contributed by atoms with Gasteiger partial charge in [0.05, 0.1) is 11.0 Å². The Morgan fingerprint density at radius 2 is 0.680 bits per heavy atom. The third-order valence-corrected chi connectivity index (χ3v) is 10.1. The van der Waals surface area contributed by atoms with E-state index in [-0.39, 0.29) is 0 Å². The first kappa shape index (κ1) is 28.4. The van der Waals surface area contributed by atoms with E-state index in [4.69, 9.17) is 9.97 Å². The SMILES string of the molecule is c1ccc(-c2c3ccccc3c(-c3ccc(-c4c5ccccc5c(-c5cccc6ccccc56)c5ncccc45)cc3)c3cccnc23)cc1. The monoisotopic (exact) mass is 634 g/mol. The van der Waals surface area contributed by atoms with E-state index < -0.39 is 0 Å². The van der Waals surface area contributed by atoms with Crippen LogP contribution in [0, 0.1) is 0 Å². The minimum atomic E-state index is 1.01. The van der Waals surface area contributed by atoms with Crippen molar-refractivity contribution in [2.24, 2.45) is 0 Å². The highest BCUT2D eigenvalue weighted by molar-refractivity contribution is 6.23. The molecule has 0 unspecified atom stereocenters. The first-order chi connectivity index (χ1) is 24.8. The number of benzene rings is 8. The van der Waals surface area contributed by atoms with Gasteiger partial charge in [-0.2, -0.15) is 0 Å². The average molecular weight is 635 g/mol. The number of hydrogen-bond donors (Lipinski definition) is 0. The molecule has 2 heterocycles. The molecular weight excluding hydrogens is 605 g/mol. The lowest BCUT2D eigenvalue weighted by atomic mass is 9.85. The molecule has 8 aromatic carbocycles. The smallest absolute Gasteiger partial charge is 0.0793 e. The third kappa shape index (κ3) is 4.36. The van der Waals surface area contributed by atoms with Gasteiger partial charge in [-0.25, -0.2) is 0 Å². The summed E-state index contributed by atoms with van der Waals surface area (Å²) in [4.78, 5) is 10.0. The zero-order valence-electron chi connectivity index (χ0n) is 27.2. The second-order valence-corrected chi connectivity index (χ2v) is 12.9. The van der Waals surface area contributed by atoms with Crippen molar-refractivity contribution < 1.29 is 0 Å². The Kier molecular flexibility index (Phi) is 6.53. The van der Waals surface area contributed by atoms with Gasteiger partial charge in [-0.05, 0) is 77.8 Å². The lowest BCUT2D eigenvalue weighted by Crippen LogP contribution is -1.94. The predicted molar refractivity (Wildman–Crippen MR) is 211 cm³/mol. The number of pyridine rings is 2. The highest BCUT2D eigenvalue weighted by Gasteiger charge is 2.20. The van der Waals surface area contributed by atoms with Gasteiger partial charge in [0, 0.05) is 34.3 Å². The zero-order chi connectivity index (χ0) is 33.0. The van der Waals surface area contributed by atoms with E-state index in [1.807, 2.05) is 18.5 Å². The lowest BCUT2D eigenvalue weighted by Gasteiger charge is -2.19. The van der Waals surface area contributed by atoms with Gasteiger partial charge in [0.2, 0.25) is 0 Å². The lowest BCUT2D eigenvalue weighted by molar-refractivity contribution is 1.42. The minimum absolute atomic E-state index is 1.01. The van der Waals surface area contributed by atoms with Crippen molar-refractivity contribution >= 4 is 54.1 Å². The molecule has 0 spiro atoms. The van der Waals surface area contributed by atoms with Crippen LogP contribution in [0.5, 0.6) is 0 Å². The summed E-state index contributed by atoms with van der Waals surface area (Å²) in [6, 6.07) is 61.0.